The van der Waals surface area contributed by atoms with Crippen molar-refractivity contribution in [3.63, 3.8) is 0 Å². The van der Waals surface area contributed by atoms with Gasteiger partial charge in [0, 0.05) is 5.69 Å². The van der Waals surface area contributed by atoms with Crippen LogP contribution in [0.3, 0.4) is 0 Å². The Hall–Kier alpha value is -1.34. The minimum atomic E-state index is 0.623. The largest absolute Gasteiger partial charge is 0.241 e. The van der Waals surface area contributed by atoms with Crippen LogP contribution in [0, 0.1) is 0 Å². The molecule has 0 fully saturated rings. The molecule has 3 rings (SSSR count). The van der Waals surface area contributed by atoms with E-state index in [0.29, 0.717) is 5.15 Å². The molecule has 0 unspecified atom stereocenters. The van der Waals surface area contributed by atoms with Crippen LogP contribution in [0.4, 0.5) is 0 Å². The Bertz CT molecular complexity index is 563. The van der Waals surface area contributed by atoms with Crippen molar-refractivity contribution < 1.29 is 0 Å². The van der Waals surface area contributed by atoms with Gasteiger partial charge in [0.05, 0.1) is 0 Å². The van der Waals surface area contributed by atoms with E-state index in [9.17, 15) is 0 Å². The number of halogens is 1. The van der Waals surface area contributed by atoms with Crippen molar-refractivity contribution in [2.24, 2.45) is 0 Å². The third kappa shape index (κ3) is 2.82. The number of aromatic nitrogens is 1. The number of nitrogens with zero attached hydrogens (tertiary/aromatic N) is 1. The second-order valence-electron chi connectivity index (χ2n) is 5.20. The van der Waals surface area contributed by atoms with E-state index < -0.39 is 0 Å². The zero-order valence-electron chi connectivity index (χ0n) is 11.0. The molecule has 0 spiro atoms. The van der Waals surface area contributed by atoms with Gasteiger partial charge >= 0.3 is 0 Å². The molecule has 98 valence electrons. The van der Waals surface area contributed by atoms with Gasteiger partial charge in [-0.3, -0.25) is 0 Å². The molecule has 19 heavy (non-hydrogen) atoms. The number of aryl methyl sites for hydroxylation is 1. The first-order valence-corrected chi connectivity index (χ1v) is 7.46. The van der Waals surface area contributed by atoms with Crippen LogP contribution in [0.15, 0.2) is 36.4 Å². The maximum atomic E-state index is 6.21. The lowest BCUT2D eigenvalue weighted by molar-refractivity contribution is 0.609. The van der Waals surface area contributed by atoms with Gasteiger partial charge in [-0.25, -0.2) is 4.98 Å². The molecule has 0 bridgehead atoms. The van der Waals surface area contributed by atoms with Crippen LogP contribution < -0.4 is 0 Å². The lowest BCUT2D eigenvalue weighted by Crippen LogP contribution is -2.05. The molecule has 1 aliphatic carbocycles. The van der Waals surface area contributed by atoms with Gasteiger partial charge in [0.2, 0.25) is 0 Å². The van der Waals surface area contributed by atoms with Crippen molar-refractivity contribution in [3.8, 4) is 11.1 Å². The highest BCUT2D eigenvalue weighted by molar-refractivity contribution is 6.29. The van der Waals surface area contributed by atoms with Crippen LogP contribution in [0.25, 0.3) is 11.1 Å². The molecule has 0 saturated heterocycles. The third-order valence-corrected chi connectivity index (χ3v) is 4.05. The van der Waals surface area contributed by atoms with Crippen LogP contribution in [0.5, 0.6) is 0 Å². The molecule has 2 aromatic rings. The zero-order valence-corrected chi connectivity index (χ0v) is 11.8. The van der Waals surface area contributed by atoms with Crippen LogP contribution >= 0.6 is 11.6 Å². The van der Waals surface area contributed by atoms with E-state index in [0.717, 1.165) is 12.8 Å². The normalized spacial score (nSPS) is 15.4. The minimum absolute atomic E-state index is 0.623. The molecule has 0 N–H and O–H groups in total. The maximum Gasteiger partial charge on any atom is 0.129 e. The first kappa shape index (κ1) is 12.7. The van der Waals surface area contributed by atoms with E-state index in [2.05, 4.69) is 35.3 Å². The molecule has 0 aliphatic heterocycles. The zero-order chi connectivity index (χ0) is 13.1. The molecular formula is C17H18ClN. The molecular weight excluding hydrogens is 254 g/mol. The minimum Gasteiger partial charge on any atom is -0.241 e. The Labute approximate surface area is 119 Å². The van der Waals surface area contributed by atoms with Crippen molar-refractivity contribution in [1.82, 2.24) is 4.98 Å². The van der Waals surface area contributed by atoms with E-state index in [1.807, 2.05) is 6.07 Å². The highest BCUT2D eigenvalue weighted by atomic mass is 35.5. The molecule has 0 amide bonds. The number of fused-ring (bicyclic) bond motifs is 1. The molecule has 0 radical (unpaired) electrons. The maximum absolute atomic E-state index is 6.21. The topological polar surface area (TPSA) is 12.9 Å². The second kappa shape index (κ2) is 5.75. The van der Waals surface area contributed by atoms with Crippen molar-refractivity contribution in [2.45, 2.75) is 38.5 Å². The summed E-state index contributed by atoms with van der Waals surface area (Å²) in [5.74, 6) is 0. The summed E-state index contributed by atoms with van der Waals surface area (Å²) >= 11 is 6.21. The van der Waals surface area contributed by atoms with Crippen LogP contribution in [0.2, 0.25) is 5.15 Å². The summed E-state index contributed by atoms with van der Waals surface area (Å²) in [6.07, 6.45) is 7.33. The Morgan fingerprint density at radius 2 is 1.63 bits per heavy atom. The summed E-state index contributed by atoms with van der Waals surface area (Å²) in [7, 11) is 0. The Morgan fingerprint density at radius 3 is 2.42 bits per heavy atom. The average Bonchev–Trinajstić information content (AvgIpc) is 2.41. The number of hydrogen-bond donors (Lipinski definition) is 0. The van der Waals surface area contributed by atoms with Crippen molar-refractivity contribution >= 4 is 11.6 Å². The fourth-order valence-corrected chi connectivity index (χ4v) is 3.11. The molecule has 1 aliphatic rings. The van der Waals surface area contributed by atoms with Crippen molar-refractivity contribution in [1.29, 1.82) is 0 Å². The number of rotatable bonds is 1. The molecule has 1 aromatic heterocycles. The molecule has 2 heteroatoms. The lowest BCUT2D eigenvalue weighted by atomic mass is 9.91. The quantitative estimate of drug-likeness (QED) is 0.661. The highest BCUT2D eigenvalue weighted by Gasteiger charge is 2.15. The smallest absolute Gasteiger partial charge is 0.129 e. The van der Waals surface area contributed by atoms with Gasteiger partial charge in [0.25, 0.3) is 0 Å². The predicted molar refractivity (Wildman–Crippen MR) is 80.6 cm³/mol. The lowest BCUT2D eigenvalue weighted by Gasteiger charge is -2.17. The van der Waals surface area contributed by atoms with Gasteiger partial charge in [0.1, 0.15) is 5.15 Å². The fraction of sp³-hybridized carbons (Fsp3) is 0.353. The number of benzene rings is 1. The van der Waals surface area contributed by atoms with Gasteiger partial charge in [0.15, 0.2) is 0 Å². The van der Waals surface area contributed by atoms with Crippen LogP contribution in [0.1, 0.15) is 36.9 Å². The van der Waals surface area contributed by atoms with E-state index in [1.54, 1.807) is 0 Å². The predicted octanol–water partition coefficient (Wildman–Crippen LogP) is 5.06. The van der Waals surface area contributed by atoms with Crippen molar-refractivity contribution in [2.75, 3.05) is 0 Å². The second-order valence-corrected chi connectivity index (χ2v) is 5.59. The van der Waals surface area contributed by atoms with Gasteiger partial charge in [-0.05, 0) is 48.4 Å². The third-order valence-electron chi connectivity index (χ3n) is 3.85. The van der Waals surface area contributed by atoms with Crippen LogP contribution in [-0.2, 0) is 12.8 Å². The highest BCUT2D eigenvalue weighted by Crippen LogP contribution is 2.31. The van der Waals surface area contributed by atoms with Gasteiger partial charge in [-0.15, -0.1) is 0 Å². The summed E-state index contributed by atoms with van der Waals surface area (Å²) in [5, 5.41) is 0.623. The van der Waals surface area contributed by atoms with Crippen molar-refractivity contribution in [3.05, 3.63) is 52.8 Å². The van der Waals surface area contributed by atoms with E-state index >= 15 is 0 Å². The average molecular weight is 272 g/mol. The standard InChI is InChI=1S/C17H18ClN/c18-17-12-15(13-8-4-3-5-9-13)14-10-6-1-2-7-11-16(14)19-17/h3-5,8-9,12H,1-2,6-7,10-11H2. The first-order valence-electron chi connectivity index (χ1n) is 7.08. The Kier molecular flexibility index (Phi) is 3.84. The molecule has 1 aromatic carbocycles. The summed E-state index contributed by atoms with van der Waals surface area (Å²) < 4.78 is 0. The number of hydrogen-bond acceptors (Lipinski definition) is 1. The first-order chi connectivity index (χ1) is 9.34. The summed E-state index contributed by atoms with van der Waals surface area (Å²) in [6.45, 7) is 0. The monoisotopic (exact) mass is 271 g/mol. The Balaban J connectivity index is 2.13. The van der Waals surface area contributed by atoms with E-state index in [1.165, 1.54) is 48.1 Å². The van der Waals surface area contributed by atoms with Gasteiger partial charge < -0.3 is 0 Å². The summed E-state index contributed by atoms with van der Waals surface area (Å²) in [6, 6.07) is 12.6. The van der Waals surface area contributed by atoms with E-state index in [4.69, 9.17) is 11.6 Å². The van der Waals surface area contributed by atoms with Crippen LogP contribution in [-0.4, -0.2) is 4.98 Å². The molecule has 1 heterocycles. The summed E-state index contributed by atoms with van der Waals surface area (Å²) in [4.78, 5) is 4.57. The molecule has 0 atom stereocenters. The fourth-order valence-electron chi connectivity index (χ4n) is 2.90. The number of pyridine rings is 1. The molecule has 1 nitrogen and oxygen atoms in total. The van der Waals surface area contributed by atoms with Gasteiger partial charge in [-0.1, -0.05) is 54.8 Å². The Morgan fingerprint density at radius 1 is 0.895 bits per heavy atom. The van der Waals surface area contributed by atoms with Gasteiger partial charge in [-0.2, -0.15) is 0 Å². The van der Waals surface area contributed by atoms with E-state index in [-0.39, 0.29) is 0 Å². The molecule has 0 saturated carbocycles. The summed E-state index contributed by atoms with van der Waals surface area (Å²) in [5.41, 5.74) is 5.16. The SMILES string of the molecule is Clc1cc(-c2ccccc2)c2c(n1)CCCCCC2.